The second-order valence-corrected chi connectivity index (χ2v) is 6.17. The summed E-state index contributed by atoms with van der Waals surface area (Å²) in [7, 11) is 0. The standard InChI is InChI=1S/C15H22BrNO/c1-3-6-18-15-5-4-13(16)9-12(15)10-17-14-7-11(2)8-14/h4-5,9,11,14,17H,3,6-8,10H2,1-2H3. The van der Waals surface area contributed by atoms with Gasteiger partial charge < -0.3 is 10.1 Å². The van der Waals surface area contributed by atoms with Gasteiger partial charge in [-0.15, -0.1) is 0 Å². The van der Waals surface area contributed by atoms with E-state index >= 15 is 0 Å². The molecule has 2 nitrogen and oxygen atoms in total. The fraction of sp³-hybridized carbons (Fsp3) is 0.600. The van der Waals surface area contributed by atoms with Crippen LogP contribution in [-0.4, -0.2) is 12.6 Å². The molecule has 0 saturated heterocycles. The molecule has 18 heavy (non-hydrogen) atoms. The Kier molecular flexibility index (Phi) is 5.07. The largest absolute Gasteiger partial charge is 0.493 e. The third-order valence-electron chi connectivity index (χ3n) is 3.44. The molecule has 1 aromatic carbocycles. The first kappa shape index (κ1) is 13.9. The Labute approximate surface area is 118 Å². The van der Waals surface area contributed by atoms with E-state index in [-0.39, 0.29) is 0 Å². The smallest absolute Gasteiger partial charge is 0.123 e. The Morgan fingerprint density at radius 1 is 1.39 bits per heavy atom. The van der Waals surface area contributed by atoms with Crippen LogP contribution in [0.4, 0.5) is 0 Å². The van der Waals surface area contributed by atoms with Gasteiger partial charge >= 0.3 is 0 Å². The molecule has 0 atom stereocenters. The highest BCUT2D eigenvalue weighted by molar-refractivity contribution is 9.10. The van der Waals surface area contributed by atoms with E-state index in [1.54, 1.807) is 0 Å². The molecule has 0 spiro atoms. The van der Waals surface area contributed by atoms with Gasteiger partial charge in [0.2, 0.25) is 0 Å². The Hall–Kier alpha value is -0.540. The minimum atomic E-state index is 0.693. The molecule has 100 valence electrons. The molecular formula is C15H22BrNO. The number of hydrogen-bond donors (Lipinski definition) is 1. The number of hydrogen-bond acceptors (Lipinski definition) is 2. The van der Waals surface area contributed by atoms with E-state index in [1.165, 1.54) is 18.4 Å². The van der Waals surface area contributed by atoms with Crippen LogP contribution in [0.1, 0.15) is 38.7 Å². The second kappa shape index (κ2) is 6.58. The van der Waals surface area contributed by atoms with Crippen LogP contribution < -0.4 is 10.1 Å². The quantitative estimate of drug-likeness (QED) is 0.853. The number of benzene rings is 1. The summed E-state index contributed by atoms with van der Waals surface area (Å²) < 4.78 is 6.90. The highest BCUT2D eigenvalue weighted by Gasteiger charge is 2.24. The highest BCUT2D eigenvalue weighted by Crippen LogP contribution is 2.28. The van der Waals surface area contributed by atoms with Gasteiger partial charge in [0.25, 0.3) is 0 Å². The van der Waals surface area contributed by atoms with Crippen LogP contribution >= 0.6 is 15.9 Å². The number of nitrogens with one attached hydrogen (secondary N) is 1. The fourth-order valence-electron chi connectivity index (χ4n) is 2.36. The van der Waals surface area contributed by atoms with Crippen LogP contribution in [-0.2, 0) is 6.54 Å². The lowest BCUT2D eigenvalue weighted by molar-refractivity contribution is 0.238. The van der Waals surface area contributed by atoms with Crippen LogP contribution in [0.5, 0.6) is 5.75 Å². The molecular weight excluding hydrogens is 290 g/mol. The summed E-state index contributed by atoms with van der Waals surface area (Å²) in [6.07, 6.45) is 3.65. The minimum Gasteiger partial charge on any atom is -0.493 e. The maximum Gasteiger partial charge on any atom is 0.123 e. The van der Waals surface area contributed by atoms with Crippen LogP contribution in [0, 0.1) is 5.92 Å². The van der Waals surface area contributed by atoms with E-state index < -0.39 is 0 Å². The van der Waals surface area contributed by atoms with Crippen molar-refractivity contribution in [1.29, 1.82) is 0 Å². The van der Waals surface area contributed by atoms with E-state index in [0.29, 0.717) is 6.04 Å². The minimum absolute atomic E-state index is 0.693. The van der Waals surface area contributed by atoms with Crippen LogP contribution in [0.15, 0.2) is 22.7 Å². The molecule has 0 unspecified atom stereocenters. The highest BCUT2D eigenvalue weighted by atomic mass is 79.9. The van der Waals surface area contributed by atoms with Crippen molar-refractivity contribution < 1.29 is 4.74 Å². The Bertz CT molecular complexity index is 388. The van der Waals surface area contributed by atoms with Gasteiger partial charge in [-0.2, -0.15) is 0 Å². The monoisotopic (exact) mass is 311 g/mol. The molecule has 1 fully saturated rings. The zero-order chi connectivity index (χ0) is 13.0. The molecule has 1 aliphatic carbocycles. The number of rotatable bonds is 6. The molecule has 0 aromatic heterocycles. The van der Waals surface area contributed by atoms with Gasteiger partial charge in [0.05, 0.1) is 6.61 Å². The molecule has 0 bridgehead atoms. The Balaban J connectivity index is 1.93. The number of halogens is 1. The van der Waals surface area contributed by atoms with E-state index in [1.807, 2.05) is 6.07 Å². The molecule has 1 aliphatic rings. The topological polar surface area (TPSA) is 21.3 Å². The van der Waals surface area contributed by atoms with Crippen LogP contribution in [0.25, 0.3) is 0 Å². The van der Waals surface area contributed by atoms with Gasteiger partial charge in [-0.25, -0.2) is 0 Å². The first-order valence-corrected chi connectivity index (χ1v) is 7.63. The molecule has 1 saturated carbocycles. The Morgan fingerprint density at radius 3 is 2.83 bits per heavy atom. The molecule has 1 aromatic rings. The fourth-order valence-corrected chi connectivity index (χ4v) is 2.77. The third kappa shape index (κ3) is 3.72. The Morgan fingerprint density at radius 2 is 2.17 bits per heavy atom. The van der Waals surface area contributed by atoms with Gasteiger partial charge in [0.15, 0.2) is 0 Å². The molecule has 0 aliphatic heterocycles. The zero-order valence-corrected chi connectivity index (χ0v) is 12.8. The van der Waals surface area contributed by atoms with E-state index in [9.17, 15) is 0 Å². The lowest BCUT2D eigenvalue weighted by atomic mass is 9.82. The van der Waals surface area contributed by atoms with Crippen molar-refractivity contribution in [3.63, 3.8) is 0 Å². The average Bonchev–Trinajstić information content (AvgIpc) is 2.32. The molecule has 3 heteroatoms. The van der Waals surface area contributed by atoms with Crippen molar-refractivity contribution in [2.75, 3.05) is 6.61 Å². The lowest BCUT2D eigenvalue weighted by Crippen LogP contribution is -2.39. The molecule has 0 heterocycles. The summed E-state index contributed by atoms with van der Waals surface area (Å²) >= 11 is 3.53. The van der Waals surface area contributed by atoms with Crippen LogP contribution in [0.2, 0.25) is 0 Å². The summed E-state index contributed by atoms with van der Waals surface area (Å²) in [6.45, 7) is 6.13. The van der Waals surface area contributed by atoms with Gasteiger partial charge in [-0.1, -0.05) is 29.8 Å². The molecule has 1 N–H and O–H groups in total. The van der Waals surface area contributed by atoms with E-state index in [0.717, 1.165) is 35.7 Å². The van der Waals surface area contributed by atoms with Gasteiger partial charge in [0, 0.05) is 22.6 Å². The van der Waals surface area contributed by atoms with E-state index in [2.05, 4.69) is 47.2 Å². The molecule has 2 rings (SSSR count). The maximum absolute atomic E-state index is 5.79. The first-order valence-electron chi connectivity index (χ1n) is 6.83. The van der Waals surface area contributed by atoms with Crippen molar-refractivity contribution in [2.45, 2.75) is 45.7 Å². The summed E-state index contributed by atoms with van der Waals surface area (Å²) in [5, 5.41) is 3.61. The van der Waals surface area contributed by atoms with Gasteiger partial charge in [-0.05, 0) is 43.4 Å². The number of ether oxygens (including phenoxy) is 1. The average molecular weight is 312 g/mol. The van der Waals surface area contributed by atoms with Crippen molar-refractivity contribution in [3.8, 4) is 5.75 Å². The zero-order valence-electron chi connectivity index (χ0n) is 11.2. The van der Waals surface area contributed by atoms with Crippen LogP contribution in [0.3, 0.4) is 0 Å². The predicted octanol–water partition coefficient (Wildman–Crippen LogP) is 4.13. The normalized spacial score (nSPS) is 22.6. The first-order chi connectivity index (χ1) is 8.69. The SMILES string of the molecule is CCCOc1ccc(Br)cc1CNC1CC(C)C1. The van der Waals surface area contributed by atoms with Gasteiger partial charge in [0.1, 0.15) is 5.75 Å². The summed E-state index contributed by atoms with van der Waals surface area (Å²) in [5.74, 6) is 1.90. The summed E-state index contributed by atoms with van der Waals surface area (Å²) in [6, 6.07) is 6.94. The van der Waals surface area contributed by atoms with Gasteiger partial charge in [-0.3, -0.25) is 0 Å². The second-order valence-electron chi connectivity index (χ2n) is 5.25. The third-order valence-corrected chi connectivity index (χ3v) is 3.93. The lowest BCUT2D eigenvalue weighted by Gasteiger charge is -2.33. The molecule has 0 radical (unpaired) electrons. The molecule has 0 amide bonds. The van der Waals surface area contributed by atoms with Crippen molar-refractivity contribution in [3.05, 3.63) is 28.2 Å². The summed E-state index contributed by atoms with van der Waals surface area (Å²) in [5.41, 5.74) is 1.25. The van der Waals surface area contributed by atoms with Crippen molar-refractivity contribution in [1.82, 2.24) is 5.32 Å². The van der Waals surface area contributed by atoms with E-state index in [4.69, 9.17) is 4.74 Å². The van der Waals surface area contributed by atoms with Crippen molar-refractivity contribution in [2.24, 2.45) is 5.92 Å². The predicted molar refractivity (Wildman–Crippen MR) is 79.0 cm³/mol. The maximum atomic E-state index is 5.79. The summed E-state index contributed by atoms with van der Waals surface area (Å²) in [4.78, 5) is 0. The van der Waals surface area contributed by atoms with Crippen molar-refractivity contribution >= 4 is 15.9 Å².